The van der Waals surface area contributed by atoms with Crippen molar-refractivity contribution < 1.29 is 13.3 Å². The molecule has 0 aliphatic carbocycles. The van der Waals surface area contributed by atoms with E-state index in [2.05, 4.69) is 5.32 Å². The highest BCUT2D eigenvalue weighted by Gasteiger charge is 2.30. The summed E-state index contributed by atoms with van der Waals surface area (Å²) < 4.78 is 26.5. The number of benzene rings is 1. The van der Waals surface area contributed by atoms with Crippen molar-refractivity contribution in [1.82, 2.24) is 4.31 Å². The minimum Gasteiger partial charge on any atom is -0.385 e. The molecule has 0 aliphatic rings. The number of nitro groups is 1. The zero-order chi connectivity index (χ0) is 16.0. The van der Waals surface area contributed by atoms with Crippen LogP contribution in [0.3, 0.4) is 0 Å². The molecule has 0 saturated carbocycles. The Bertz CT molecular complexity index is 601. The lowest BCUT2D eigenvalue weighted by Crippen LogP contribution is -2.32. The van der Waals surface area contributed by atoms with E-state index in [9.17, 15) is 18.5 Å². The number of nitrogens with zero attached hydrogens (tertiary/aromatic N) is 2. The fraction of sp³-hybridized carbons (Fsp3) is 0.538. The van der Waals surface area contributed by atoms with Crippen molar-refractivity contribution in [2.75, 3.05) is 25.0 Å². The average molecular weight is 315 g/mol. The zero-order valence-electron chi connectivity index (χ0n) is 12.5. The highest BCUT2D eigenvalue weighted by Crippen LogP contribution is 2.29. The third-order valence-electron chi connectivity index (χ3n) is 2.98. The second kappa shape index (κ2) is 7.37. The summed E-state index contributed by atoms with van der Waals surface area (Å²) in [6, 6.07) is 4.07. The van der Waals surface area contributed by atoms with Gasteiger partial charge in [0.2, 0.25) is 10.0 Å². The van der Waals surface area contributed by atoms with Crippen LogP contribution in [0.1, 0.15) is 27.2 Å². The molecule has 0 spiro atoms. The number of hydrogen-bond donors (Lipinski definition) is 1. The number of nitrogens with one attached hydrogen (secondary N) is 1. The SMILES string of the molecule is CCCN(CC)S(=O)(=O)c1cc(NCC)ccc1[N+](=O)[O-]. The van der Waals surface area contributed by atoms with E-state index in [1.807, 2.05) is 13.8 Å². The molecule has 1 aromatic carbocycles. The van der Waals surface area contributed by atoms with Gasteiger partial charge in [0.1, 0.15) is 0 Å². The molecule has 0 unspecified atom stereocenters. The molecule has 0 atom stereocenters. The third kappa shape index (κ3) is 3.92. The molecule has 0 radical (unpaired) electrons. The molecule has 1 aromatic rings. The number of hydrogen-bond acceptors (Lipinski definition) is 5. The minimum atomic E-state index is -3.88. The molecule has 0 saturated heterocycles. The largest absolute Gasteiger partial charge is 0.385 e. The van der Waals surface area contributed by atoms with Crippen molar-refractivity contribution >= 4 is 21.4 Å². The molecular formula is C13H21N3O4S. The van der Waals surface area contributed by atoms with Crippen LogP contribution in [0.15, 0.2) is 23.1 Å². The van der Waals surface area contributed by atoms with Crippen molar-refractivity contribution in [1.29, 1.82) is 0 Å². The first-order valence-electron chi connectivity index (χ1n) is 6.90. The van der Waals surface area contributed by atoms with Gasteiger partial charge in [0.15, 0.2) is 4.90 Å². The van der Waals surface area contributed by atoms with Crippen molar-refractivity contribution in [3.8, 4) is 0 Å². The Kier molecular flexibility index (Phi) is 6.10. The number of rotatable bonds is 8. The van der Waals surface area contributed by atoms with Gasteiger partial charge in [-0.05, 0) is 25.5 Å². The number of nitro benzene ring substituents is 1. The van der Waals surface area contributed by atoms with E-state index in [0.29, 0.717) is 25.2 Å². The van der Waals surface area contributed by atoms with E-state index < -0.39 is 20.6 Å². The normalized spacial score (nSPS) is 11.6. The summed E-state index contributed by atoms with van der Waals surface area (Å²) in [5, 5.41) is 14.1. The fourth-order valence-electron chi connectivity index (χ4n) is 2.02. The van der Waals surface area contributed by atoms with Crippen molar-refractivity contribution in [2.45, 2.75) is 32.1 Å². The first-order valence-corrected chi connectivity index (χ1v) is 8.34. The molecule has 0 aliphatic heterocycles. The molecule has 7 nitrogen and oxygen atoms in total. The first kappa shape index (κ1) is 17.4. The Balaban J connectivity index is 3.42. The molecule has 0 bridgehead atoms. The molecule has 0 fully saturated rings. The van der Waals surface area contributed by atoms with Crippen molar-refractivity contribution in [3.63, 3.8) is 0 Å². The fourth-order valence-corrected chi connectivity index (χ4v) is 3.75. The number of sulfonamides is 1. The molecule has 0 aromatic heterocycles. The summed E-state index contributed by atoms with van der Waals surface area (Å²) in [7, 11) is -3.88. The topological polar surface area (TPSA) is 92.6 Å². The molecular weight excluding hydrogens is 294 g/mol. The maximum Gasteiger partial charge on any atom is 0.289 e. The molecule has 8 heteroatoms. The van der Waals surface area contributed by atoms with Crippen LogP contribution in [-0.2, 0) is 10.0 Å². The molecule has 0 heterocycles. The highest BCUT2D eigenvalue weighted by molar-refractivity contribution is 7.89. The van der Waals surface area contributed by atoms with Crippen LogP contribution in [0.2, 0.25) is 0 Å². The number of anilines is 1. The van der Waals surface area contributed by atoms with Gasteiger partial charge < -0.3 is 5.32 Å². The van der Waals surface area contributed by atoms with Crippen LogP contribution in [0.4, 0.5) is 11.4 Å². The van der Waals surface area contributed by atoms with Gasteiger partial charge in [0.05, 0.1) is 4.92 Å². The predicted molar refractivity (Wildman–Crippen MR) is 82.0 cm³/mol. The molecule has 118 valence electrons. The van der Waals surface area contributed by atoms with Gasteiger partial charge in [-0.15, -0.1) is 0 Å². The van der Waals surface area contributed by atoms with E-state index in [0.717, 1.165) is 0 Å². The summed E-state index contributed by atoms with van der Waals surface area (Å²) in [5.41, 5.74) is 0.153. The van der Waals surface area contributed by atoms with Gasteiger partial charge in [0, 0.05) is 31.4 Å². The van der Waals surface area contributed by atoms with E-state index in [-0.39, 0.29) is 11.4 Å². The summed E-state index contributed by atoms with van der Waals surface area (Å²) in [6.45, 7) is 6.66. The van der Waals surface area contributed by atoms with Gasteiger partial charge in [-0.1, -0.05) is 13.8 Å². The van der Waals surface area contributed by atoms with Gasteiger partial charge in [-0.2, -0.15) is 4.31 Å². The van der Waals surface area contributed by atoms with Gasteiger partial charge in [0.25, 0.3) is 5.69 Å². The Morgan fingerprint density at radius 1 is 1.29 bits per heavy atom. The lowest BCUT2D eigenvalue weighted by Gasteiger charge is -2.20. The quantitative estimate of drug-likeness (QED) is 0.587. The summed E-state index contributed by atoms with van der Waals surface area (Å²) in [4.78, 5) is 10.2. The lowest BCUT2D eigenvalue weighted by molar-refractivity contribution is -0.387. The maximum atomic E-state index is 12.6. The smallest absolute Gasteiger partial charge is 0.289 e. The summed E-state index contributed by atoms with van der Waals surface area (Å²) in [6.07, 6.45) is 0.647. The lowest BCUT2D eigenvalue weighted by atomic mass is 10.3. The Hall–Kier alpha value is -1.67. The Morgan fingerprint density at radius 2 is 1.95 bits per heavy atom. The Morgan fingerprint density at radius 3 is 2.43 bits per heavy atom. The van der Waals surface area contributed by atoms with Crippen LogP contribution in [0.5, 0.6) is 0 Å². The molecule has 1 rings (SSSR count). The van der Waals surface area contributed by atoms with E-state index in [1.165, 1.54) is 22.5 Å². The van der Waals surface area contributed by atoms with Crippen LogP contribution < -0.4 is 5.32 Å². The Labute approximate surface area is 125 Å². The van der Waals surface area contributed by atoms with Crippen LogP contribution in [0.25, 0.3) is 0 Å². The highest BCUT2D eigenvalue weighted by atomic mass is 32.2. The first-order chi connectivity index (χ1) is 9.88. The second-order valence-electron chi connectivity index (χ2n) is 4.47. The van der Waals surface area contributed by atoms with Gasteiger partial charge >= 0.3 is 0 Å². The third-order valence-corrected chi connectivity index (χ3v) is 4.98. The second-order valence-corrected chi connectivity index (χ2v) is 6.37. The van der Waals surface area contributed by atoms with Crippen LogP contribution in [-0.4, -0.2) is 37.3 Å². The zero-order valence-corrected chi connectivity index (χ0v) is 13.3. The van der Waals surface area contributed by atoms with Crippen LogP contribution in [0, 0.1) is 10.1 Å². The summed E-state index contributed by atoms with van der Waals surface area (Å²) in [5.74, 6) is 0. The average Bonchev–Trinajstić information content (AvgIpc) is 2.44. The van der Waals surface area contributed by atoms with Crippen LogP contribution >= 0.6 is 0 Å². The molecule has 0 amide bonds. The molecule has 1 N–H and O–H groups in total. The van der Waals surface area contributed by atoms with Crippen molar-refractivity contribution in [2.24, 2.45) is 0 Å². The molecule has 21 heavy (non-hydrogen) atoms. The van der Waals surface area contributed by atoms with Crippen molar-refractivity contribution in [3.05, 3.63) is 28.3 Å². The maximum absolute atomic E-state index is 12.6. The van der Waals surface area contributed by atoms with Gasteiger partial charge in [-0.25, -0.2) is 8.42 Å². The predicted octanol–water partition coefficient (Wildman–Crippen LogP) is 2.45. The standard InChI is InChI=1S/C13H21N3O4S/c1-4-9-15(6-3)21(19,20)13-10-11(14-5-2)7-8-12(13)16(17)18/h7-8,10,14H,4-6,9H2,1-3H3. The van der Waals surface area contributed by atoms with Gasteiger partial charge in [-0.3, -0.25) is 10.1 Å². The minimum absolute atomic E-state index is 0.263. The van der Waals surface area contributed by atoms with E-state index in [4.69, 9.17) is 0 Å². The van der Waals surface area contributed by atoms with E-state index >= 15 is 0 Å². The summed E-state index contributed by atoms with van der Waals surface area (Å²) >= 11 is 0. The van der Waals surface area contributed by atoms with E-state index in [1.54, 1.807) is 6.92 Å². The monoisotopic (exact) mass is 315 g/mol.